The summed E-state index contributed by atoms with van der Waals surface area (Å²) in [6, 6.07) is 2.04. The minimum atomic E-state index is -0.0657. The first-order chi connectivity index (χ1) is 9.08. The Kier molecular flexibility index (Phi) is 4.61. The Bertz CT molecular complexity index is 467. The van der Waals surface area contributed by atoms with Crippen LogP contribution in [0.25, 0.3) is 0 Å². The van der Waals surface area contributed by atoms with Gasteiger partial charge in [0.05, 0.1) is 0 Å². The summed E-state index contributed by atoms with van der Waals surface area (Å²) in [7, 11) is 0. The summed E-state index contributed by atoms with van der Waals surface area (Å²) < 4.78 is 0. The molecular weight excluding hydrogens is 238 g/mol. The van der Waals surface area contributed by atoms with Crippen LogP contribution < -0.4 is 10.9 Å². The molecule has 1 aromatic heterocycles. The highest BCUT2D eigenvalue weighted by Crippen LogP contribution is 2.28. The van der Waals surface area contributed by atoms with Crippen LogP contribution in [0.3, 0.4) is 0 Å². The van der Waals surface area contributed by atoms with Crippen molar-refractivity contribution in [1.82, 2.24) is 9.97 Å². The van der Waals surface area contributed by atoms with Gasteiger partial charge in [0.1, 0.15) is 11.6 Å². The second kappa shape index (κ2) is 6.22. The van der Waals surface area contributed by atoms with Gasteiger partial charge in [0.25, 0.3) is 5.56 Å². The third-order valence-corrected chi connectivity index (χ3v) is 4.02. The Morgan fingerprint density at radius 1 is 1.47 bits per heavy atom. The number of nitrogens with one attached hydrogen (secondary N) is 2. The third kappa shape index (κ3) is 3.82. The Balaban J connectivity index is 2.08. The molecule has 0 radical (unpaired) electrons. The van der Waals surface area contributed by atoms with Crippen molar-refractivity contribution in [3.05, 3.63) is 22.2 Å². The second-order valence-corrected chi connectivity index (χ2v) is 5.95. The Morgan fingerprint density at radius 3 is 2.95 bits per heavy atom. The average molecular weight is 263 g/mol. The molecule has 0 saturated heterocycles. The van der Waals surface area contributed by atoms with E-state index in [4.69, 9.17) is 0 Å². The zero-order valence-electron chi connectivity index (χ0n) is 12.2. The predicted molar refractivity (Wildman–Crippen MR) is 78.6 cm³/mol. The first-order valence-electron chi connectivity index (χ1n) is 7.46. The van der Waals surface area contributed by atoms with Crippen LogP contribution in [0.2, 0.25) is 0 Å². The molecule has 0 bridgehead atoms. The number of aromatic nitrogens is 2. The number of aromatic amines is 1. The summed E-state index contributed by atoms with van der Waals surface area (Å²) in [4.78, 5) is 19.0. The van der Waals surface area contributed by atoms with E-state index in [0.717, 1.165) is 17.6 Å². The molecule has 106 valence electrons. The van der Waals surface area contributed by atoms with Crippen LogP contribution in [0.15, 0.2) is 10.9 Å². The molecule has 1 aromatic rings. The van der Waals surface area contributed by atoms with E-state index in [0.29, 0.717) is 6.04 Å². The quantitative estimate of drug-likeness (QED) is 0.876. The van der Waals surface area contributed by atoms with E-state index in [2.05, 4.69) is 22.2 Å². The molecule has 1 fully saturated rings. The van der Waals surface area contributed by atoms with E-state index < -0.39 is 0 Å². The monoisotopic (exact) mass is 263 g/mol. The highest BCUT2D eigenvalue weighted by Gasteiger charge is 2.21. The summed E-state index contributed by atoms with van der Waals surface area (Å²) in [6.07, 6.45) is 6.24. The van der Waals surface area contributed by atoms with Gasteiger partial charge in [-0.3, -0.25) is 4.79 Å². The van der Waals surface area contributed by atoms with E-state index in [9.17, 15) is 4.79 Å². The molecule has 0 aliphatic heterocycles. The Morgan fingerprint density at radius 2 is 2.26 bits per heavy atom. The lowest BCUT2D eigenvalue weighted by molar-refractivity contribution is 0.327. The van der Waals surface area contributed by atoms with Gasteiger partial charge < -0.3 is 10.3 Å². The summed E-state index contributed by atoms with van der Waals surface area (Å²) >= 11 is 0. The maximum absolute atomic E-state index is 11.6. The smallest absolute Gasteiger partial charge is 0.252 e. The van der Waals surface area contributed by atoms with Gasteiger partial charge in [-0.15, -0.1) is 0 Å². The summed E-state index contributed by atoms with van der Waals surface area (Å²) in [5.74, 6) is 2.55. The maximum Gasteiger partial charge on any atom is 0.252 e. The van der Waals surface area contributed by atoms with Crippen molar-refractivity contribution in [2.45, 2.75) is 64.8 Å². The molecule has 4 heteroatoms. The van der Waals surface area contributed by atoms with Crippen molar-refractivity contribution in [3.8, 4) is 0 Å². The fourth-order valence-corrected chi connectivity index (χ4v) is 2.83. The summed E-state index contributed by atoms with van der Waals surface area (Å²) in [5.41, 5.74) is -0.0657. The molecule has 0 amide bonds. The Hall–Kier alpha value is -1.32. The minimum absolute atomic E-state index is 0.0657. The summed E-state index contributed by atoms with van der Waals surface area (Å²) in [6.45, 7) is 6.33. The molecular formula is C15H25N3O. The minimum Gasteiger partial charge on any atom is -0.367 e. The van der Waals surface area contributed by atoms with Crippen LogP contribution in [0, 0.1) is 5.92 Å². The second-order valence-electron chi connectivity index (χ2n) is 5.95. The van der Waals surface area contributed by atoms with Crippen molar-refractivity contribution >= 4 is 5.82 Å². The van der Waals surface area contributed by atoms with Crippen LogP contribution in [0.1, 0.15) is 64.6 Å². The summed E-state index contributed by atoms with van der Waals surface area (Å²) in [5, 5.41) is 3.45. The zero-order chi connectivity index (χ0) is 13.8. The third-order valence-electron chi connectivity index (χ3n) is 4.02. The molecule has 2 rings (SSSR count). The number of rotatable bonds is 4. The van der Waals surface area contributed by atoms with Crippen LogP contribution in [-0.2, 0) is 0 Å². The fraction of sp³-hybridized carbons (Fsp3) is 0.733. The highest BCUT2D eigenvalue weighted by molar-refractivity contribution is 5.34. The van der Waals surface area contributed by atoms with Crippen LogP contribution >= 0.6 is 0 Å². The first kappa shape index (κ1) is 14.1. The molecule has 1 aliphatic carbocycles. The lowest BCUT2D eigenvalue weighted by Gasteiger charge is -2.29. The maximum atomic E-state index is 11.6. The normalized spacial score (nSPS) is 23.6. The van der Waals surface area contributed by atoms with Crippen molar-refractivity contribution < 1.29 is 0 Å². The number of anilines is 1. The molecule has 0 spiro atoms. The fourth-order valence-electron chi connectivity index (χ4n) is 2.83. The molecule has 1 aliphatic rings. The molecule has 4 nitrogen and oxygen atoms in total. The van der Waals surface area contributed by atoms with Gasteiger partial charge in [-0.25, -0.2) is 4.98 Å². The van der Waals surface area contributed by atoms with Crippen LogP contribution in [0.4, 0.5) is 5.82 Å². The van der Waals surface area contributed by atoms with Crippen molar-refractivity contribution in [1.29, 1.82) is 0 Å². The highest BCUT2D eigenvalue weighted by atomic mass is 16.1. The molecule has 2 N–H and O–H groups in total. The number of H-pyrrole nitrogens is 1. The lowest BCUT2D eigenvalue weighted by atomic mass is 9.84. The van der Waals surface area contributed by atoms with E-state index in [-0.39, 0.29) is 11.5 Å². The van der Waals surface area contributed by atoms with Crippen LogP contribution in [0.5, 0.6) is 0 Å². The van der Waals surface area contributed by atoms with Gasteiger partial charge in [-0.2, -0.15) is 0 Å². The molecule has 0 aromatic carbocycles. The van der Waals surface area contributed by atoms with Gasteiger partial charge in [0.2, 0.25) is 0 Å². The molecule has 2 atom stereocenters. The first-order valence-corrected chi connectivity index (χ1v) is 7.46. The molecule has 1 heterocycles. The molecule has 19 heavy (non-hydrogen) atoms. The van der Waals surface area contributed by atoms with E-state index in [1.807, 2.05) is 13.8 Å². The molecule has 2 unspecified atom stereocenters. The van der Waals surface area contributed by atoms with Crippen molar-refractivity contribution in [3.63, 3.8) is 0 Å². The SMILES string of the molecule is CCC1CCCC(Nc2cc(=O)[nH]c(C(C)C)n2)C1. The lowest BCUT2D eigenvalue weighted by Crippen LogP contribution is -2.28. The van der Waals surface area contributed by atoms with E-state index in [1.54, 1.807) is 6.07 Å². The molecule has 1 saturated carbocycles. The Labute approximate surface area is 115 Å². The van der Waals surface area contributed by atoms with Crippen molar-refractivity contribution in [2.75, 3.05) is 5.32 Å². The standard InChI is InChI=1S/C15H25N3O/c1-4-11-6-5-7-12(8-11)16-13-9-14(19)18-15(17-13)10(2)3/h9-12H,4-8H2,1-3H3,(H2,16,17,18,19). The average Bonchev–Trinajstić information content (AvgIpc) is 2.38. The van der Waals surface area contributed by atoms with Gasteiger partial charge in [0.15, 0.2) is 0 Å². The van der Waals surface area contributed by atoms with E-state index in [1.165, 1.54) is 32.1 Å². The largest absolute Gasteiger partial charge is 0.367 e. The van der Waals surface area contributed by atoms with Crippen molar-refractivity contribution in [2.24, 2.45) is 5.92 Å². The topological polar surface area (TPSA) is 57.8 Å². The van der Waals surface area contributed by atoms with Crippen LogP contribution in [-0.4, -0.2) is 16.0 Å². The van der Waals surface area contributed by atoms with Gasteiger partial charge >= 0.3 is 0 Å². The number of nitrogens with zero attached hydrogens (tertiary/aromatic N) is 1. The predicted octanol–water partition coefficient (Wildman–Crippen LogP) is 3.27. The number of hydrogen-bond acceptors (Lipinski definition) is 3. The van der Waals surface area contributed by atoms with Gasteiger partial charge in [0, 0.05) is 18.0 Å². The van der Waals surface area contributed by atoms with E-state index >= 15 is 0 Å². The van der Waals surface area contributed by atoms with Gasteiger partial charge in [-0.1, -0.05) is 40.0 Å². The van der Waals surface area contributed by atoms with Gasteiger partial charge in [-0.05, 0) is 18.8 Å². The zero-order valence-corrected chi connectivity index (χ0v) is 12.2. The number of hydrogen-bond donors (Lipinski definition) is 2.